The third kappa shape index (κ3) is 4.96. The number of fused-ring (bicyclic) bond motifs is 2. The highest BCUT2D eigenvalue weighted by molar-refractivity contribution is 5.70. The van der Waals surface area contributed by atoms with Gasteiger partial charge in [-0.1, -0.05) is 27.7 Å². The molecule has 30 heavy (non-hydrogen) atoms. The van der Waals surface area contributed by atoms with Gasteiger partial charge in [0.15, 0.2) is 0 Å². The number of hydrogen-bond donors (Lipinski definition) is 0. The minimum absolute atomic E-state index is 0.0856. The Labute approximate surface area is 177 Å². The van der Waals surface area contributed by atoms with Crippen LogP contribution in [-0.4, -0.2) is 49.1 Å². The number of carbonyl (C=O) groups is 3. The van der Waals surface area contributed by atoms with E-state index in [1.165, 1.54) is 13.2 Å². The molecule has 2 aliphatic heterocycles. The van der Waals surface area contributed by atoms with Crippen molar-refractivity contribution < 1.29 is 38.1 Å². The van der Waals surface area contributed by atoms with Gasteiger partial charge in [-0.05, 0) is 18.3 Å². The van der Waals surface area contributed by atoms with Gasteiger partial charge >= 0.3 is 17.9 Å². The summed E-state index contributed by atoms with van der Waals surface area (Å²) in [6.07, 6.45) is 1.33. The molecule has 0 bridgehead atoms. The Balaban J connectivity index is 1.77. The second kappa shape index (κ2) is 8.96. The van der Waals surface area contributed by atoms with Crippen molar-refractivity contribution in [2.24, 2.45) is 23.7 Å². The molecule has 1 unspecified atom stereocenters. The van der Waals surface area contributed by atoms with E-state index in [-0.39, 0.29) is 48.6 Å². The summed E-state index contributed by atoms with van der Waals surface area (Å²) in [7, 11) is 0. The fraction of sp³-hybridized carbons (Fsp3) is 0.773. The van der Waals surface area contributed by atoms with Gasteiger partial charge in [0.05, 0.1) is 18.8 Å². The zero-order chi connectivity index (χ0) is 22.1. The van der Waals surface area contributed by atoms with Gasteiger partial charge in [0.1, 0.15) is 18.3 Å². The minimum Gasteiger partial charge on any atom is -0.462 e. The van der Waals surface area contributed by atoms with Crippen molar-refractivity contribution in [1.82, 2.24) is 0 Å². The number of rotatable bonds is 8. The molecule has 0 aromatic rings. The molecule has 2 fully saturated rings. The first-order chi connectivity index (χ1) is 14.1. The van der Waals surface area contributed by atoms with Crippen LogP contribution in [0.15, 0.2) is 11.8 Å². The summed E-state index contributed by atoms with van der Waals surface area (Å²) in [5, 5.41) is 0. The van der Waals surface area contributed by atoms with Gasteiger partial charge in [0.2, 0.25) is 6.29 Å². The van der Waals surface area contributed by atoms with Gasteiger partial charge < -0.3 is 23.7 Å². The smallest absolute Gasteiger partial charge is 0.309 e. The van der Waals surface area contributed by atoms with E-state index in [1.807, 2.05) is 27.7 Å². The summed E-state index contributed by atoms with van der Waals surface area (Å²) in [6.45, 7) is 9.62. The monoisotopic (exact) mass is 424 g/mol. The zero-order valence-electron chi connectivity index (χ0n) is 18.3. The predicted octanol–water partition coefficient (Wildman–Crippen LogP) is 2.74. The molecule has 5 atom stereocenters. The van der Waals surface area contributed by atoms with Crippen molar-refractivity contribution in [2.75, 3.05) is 13.2 Å². The van der Waals surface area contributed by atoms with Gasteiger partial charge in [-0.2, -0.15) is 0 Å². The summed E-state index contributed by atoms with van der Waals surface area (Å²) in [5.74, 6) is -1.13. The molecule has 3 rings (SSSR count). The molecule has 1 aliphatic carbocycles. The maximum absolute atomic E-state index is 12.3. The van der Waals surface area contributed by atoms with E-state index in [0.717, 1.165) is 5.57 Å². The number of epoxide rings is 1. The summed E-state index contributed by atoms with van der Waals surface area (Å²) < 4.78 is 28.2. The predicted molar refractivity (Wildman–Crippen MR) is 105 cm³/mol. The lowest BCUT2D eigenvalue weighted by Crippen LogP contribution is -2.45. The Kier molecular flexibility index (Phi) is 6.75. The van der Waals surface area contributed by atoms with Crippen LogP contribution in [-0.2, 0) is 38.1 Å². The van der Waals surface area contributed by atoms with Crippen LogP contribution in [0.2, 0.25) is 0 Å². The fourth-order valence-electron chi connectivity index (χ4n) is 4.38. The molecule has 1 saturated heterocycles. The highest BCUT2D eigenvalue weighted by atomic mass is 16.7. The highest BCUT2D eigenvalue weighted by Gasteiger charge is 2.70. The minimum atomic E-state index is -0.834. The molecule has 8 heteroatoms. The molecule has 3 aliphatic rings. The SMILES string of the molecule is CC(=O)O[C@H]1C[C@@H]2C(COC(=O)CC(C)C)=CO[C@@H](OC(=O)CC(C)C)C2[C@@]12CO2. The van der Waals surface area contributed by atoms with Gasteiger partial charge in [-0.15, -0.1) is 0 Å². The lowest BCUT2D eigenvalue weighted by molar-refractivity contribution is -0.192. The van der Waals surface area contributed by atoms with Crippen LogP contribution in [0.5, 0.6) is 0 Å². The third-order valence-corrected chi connectivity index (χ3v) is 5.72. The van der Waals surface area contributed by atoms with E-state index < -0.39 is 24.0 Å². The number of ether oxygens (including phenoxy) is 5. The van der Waals surface area contributed by atoms with Crippen molar-refractivity contribution in [3.8, 4) is 0 Å². The summed E-state index contributed by atoms with van der Waals surface area (Å²) in [6, 6.07) is 0. The summed E-state index contributed by atoms with van der Waals surface area (Å²) in [5.41, 5.74) is 0.0402. The molecule has 0 amide bonds. The van der Waals surface area contributed by atoms with Crippen molar-refractivity contribution >= 4 is 17.9 Å². The van der Waals surface area contributed by atoms with Gasteiger partial charge in [0, 0.05) is 31.3 Å². The average molecular weight is 424 g/mol. The number of carbonyl (C=O) groups excluding carboxylic acids is 3. The topological polar surface area (TPSA) is 101 Å². The second-order valence-electron chi connectivity index (χ2n) is 9.25. The van der Waals surface area contributed by atoms with E-state index in [2.05, 4.69) is 0 Å². The molecule has 8 nitrogen and oxygen atoms in total. The number of hydrogen-bond acceptors (Lipinski definition) is 8. The Morgan fingerprint density at radius 3 is 2.30 bits per heavy atom. The van der Waals surface area contributed by atoms with Crippen LogP contribution in [0.1, 0.15) is 53.9 Å². The quantitative estimate of drug-likeness (QED) is 0.333. The van der Waals surface area contributed by atoms with Crippen molar-refractivity contribution in [3.05, 3.63) is 11.8 Å². The van der Waals surface area contributed by atoms with Crippen molar-refractivity contribution in [2.45, 2.75) is 71.9 Å². The molecule has 0 aromatic carbocycles. The van der Waals surface area contributed by atoms with E-state index >= 15 is 0 Å². The van der Waals surface area contributed by atoms with Crippen LogP contribution < -0.4 is 0 Å². The maximum atomic E-state index is 12.3. The van der Waals surface area contributed by atoms with Crippen molar-refractivity contribution in [1.29, 1.82) is 0 Å². The first-order valence-electron chi connectivity index (χ1n) is 10.6. The molecule has 0 aromatic heterocycles. The fourth-order valence-corrected chi connectivity index (χ4v) is 4.38. The largest absolute Gasteiger partial charge is 0.462 e. The third-order valence-electron chi connectivity index (χ3n) is 5.72. The molecule has 1 saturated carbocycles. The Morgan fingerprint density at radius 2 is 1.73 bits per heavy atom. The van der Waals surface area contributed by atoms with E-state index in [4.69, 9.17) is 23.7 Å². The molecular weight excluding hydrogens is 392 g/mol. The maximum Gasteiger partial charge on any atom is 0.309 e. The standard InChI is InChI=1S/C22H32O8/c1-12(2)6-18(24)26-9-15-10-27-21(30-19(25)7-13(3)4)20-16(15)8-17(29-14(5)23)22(20)11-28-22/h10,12-13,16-17,20-21H,6-9,11H2,1-5H3/t16-,17+,20?,21+,22-/m1/s1. The van der Waals surface area contributed by atoms with Crippen LogP contribution in [0.4, 0.5) is 0 Å². The highest BCUT2D eigenvalue weighted by Crippen LogP contribution is 2.57. The molecule has 0 radical (unpaired) electrons. The molecule has 168 valence electrons. The first-order valence-corrected chi connectivity index (χ1v) is 10.6. The van der Waals surface area contributed by atoms with E-state index in [9.17, 15) is 14.4 Å². The number of esters is 3. The molecule has 1 spiro atoms. The van der Waals surface area contributed by atoms with E-state index in [1.54, 1.807) is 0 Å². The van der Waals surface area contributed by atoms with Gasteiger partial charge in [0.25, 0.3) is 0 Å². The lowest BCUT2D eigenvalue weighted by atomic mass is 9.83. The normalized spacial score (nSPS) is 31.8. The van der Waals surface area contributed by atoms with Crippen LogP contribution in [0.25, 0.3) is 0 Å². The van der Waals surface area contributed by atoms with Gasteiger partial charge in [-0.3, -0.25) is 14.4 Å². The lowest BCUT2D eigenvalue weighted by Gasteiger charge is -2.35. The van der Waals surface area contributed by atoms with Crippen LogP contribution >= 0.6 is 0 Å². The van der Waals surface area contributed by atoms with Crippen LogP contribution in [0, 0.1) is 23.7 Å². The Morgan fingerprint density at radius 1 is 1.10 bits per heavy atom. The van der Waals surface area contributed by atoms with E-state index in [0.29, 0.717) is 19.4 Å². The first kappa shape index (κ1) is 22.6. The average Bonchev–Trinajstić information content (AvgIpc) is 3.33. The summed E-state index contributed by atoms with van der Waals surface area (Å²) >= 11 is 0. The summed E-state index contributed by atoms with van der Waals surface area (Å²) in [4.78, 5) is 35.9. The molecular formula is C22H32O8. The second-order valence-corrected chi connectivity index (χ2v) is 9.25. The van der Waals surface area contributed by atoms with Crippen molar-refractivity contribution in [3.63, 3.8) is 0 Å². The van der Waals surface area contributed by atoms with Gasteiger partial charge in [-0.25, -0.2) is 0 Å². The zero-order valence-corrected chi connectivity index (χ0v) is 18.3. The Hall–Kier alpha value is -2.09. The van der Waals surface area contributed by atoms with Crippen LogP contribution in [0.3, 0.4) is 0 Å². The molecule has 0 N–H and O–H groups in total. The Bertz CT molecular complexity index is 706. The molecule has 2 heterocycles.